The van der Waals surface area contributed by atoms with Crippen molar-refractivity contribution >= 4 is 23.4 Å². The van der Waals surface area contributed by atoms with E-state index in [1.807, 2.05) is 17.8 Å². The molecule has 0 fully saturated rings. The van der Waals surface area contributed by atoms with E-state index in [-0.39, 0.29) is 0 Å². The Bertz CT molecular complexity index is 147. The SMILES string of the molecule is CCC(CC)(CNC/C=C/CCl)SC. The molecule has 0 rings (SSSR count). The fourth-order valence-corrected chi connectivity index (χ4v) is 2.34. The highest BCUT2D eigenvalue weighted by atomic mass is 35.5. The summed E-state index contributed by atoms with van der Waals surface area (Å²) in [4.78, 5) is 0. The minimum atomic E-state index is 0.412. The molecule has 1 N–H and O–H groups in total. The number of nitrogens with one attached hydrogen (secondary N) is 1. The van der Waals surface area contributed by atoms with Crippen molar-refractivity contribution in [2.45, 2.75) is 31.4 Å². The Balaban J connectivity index is 3.76. The van der Waals surface area contributed by atoms with Gasteiger partial charge in [-0.05, 0) is 19.1 Å². The van der Waals surface area contributed by atoms with Gasteiger partial charge in [-0.1, -0.05) is 26.0 Å². The molecule has 0 aromatic rings. The van der Waals surface area contributed by atoms with Gasteiger partial charge in [-0.2, -0.15) is 11.8 Å². The third-order valence-corrected chi connectivity index (χ3v) is 4.45. The van der Waals surface area contributed by atoms with Crippen LogP contribution in [-0.4, -0.2) is 30.0 Å². The standard InChI is InChI=1S/C11H22ClNS/c1-4-11(5-2,14-3)10-13-9-7-6-8-12/h6-7,13H,4-5,8-10H2,1-3H3/b7-6+. The van der Waals surface area contributed by atoms with Crippen LogP contribution in [0.2, 0.25) is 0 Å². The second kappa shape index (κ2) is 8.63. The summed E-state index contributed by atoms with van der Waals surface area (Å²) in [5.41, 5.74) is 0. The smallest absolute Gasteiger partial charge is 0.0404 e. The highest BCUT2D eigenvalue weighted by molar-refractivity contribution is 8.00. The molecule has 0 atom stereocenters. The number of rotatable bonds is 8. The monoisotopic (exact) mass is 235 g/mol. The van der Waals surface area contributed by atoms with Gasteiger partial charge in [-0.3, -0.25) is 0 Å². The largest absolute Gasteiger partial charge is 0.312 e. The summed E-state index contributed by atoms with van der Waals surface area (Å²) in [6, 6.07) is 0. The van der Waals surface area contributed by atoms with Crippen LogP contribution >= 0.6 is 23.4 Å². The van der Waals surface area contributed by atoms with Crippen LogP contribution in [0.25, 0.3) is 0 Å². The van der Waals surface area contributed by atoms with Crippen molar-refractivity contribution in [1.82, 2.24) is 5.32 Å². The van der Waals surface area contributed by atoms with Gasteiger partial charge in [0, 0.05) is 23.7 Å². The van der Waals surface area contributed by atoms with Crippen molar-refractivity contribution in [2.75, 3.05) is 25.2 Å². The quantitative estimate of drug-likeness (QED) is 0.394. The lowest BCUT2D eigenvalue weighted by Crippen LogP contribution is -2.36. The summed E-state index contributed by atoms with van der Waals surface area (Å²) >= 11 is 7.50. The maximum atomic E-state index is 5.53. The van der Waals surface area contributed by atoms with Gasteiger partial charge in [0.05, 0.1) is 0 Å². The molecule has 0 bridgehead atoms. The molecular formula is C11H22ClNS. The minimum absolute atomic E-state index is 0.412. The first-order valence-corrected chi connectivity index (χ1v) is 6.97. The molecule has 0 radical (unpaired) electrons. The molecule has 0 saturated carbocycles. The van der Waals surface area contributed by atoms with E-state index in [0.717, 1.165) is 13.1 Å². The molecule has 0 aromatic heterocycles. The van der Waals surface area contributed by atoms with Crippen molar-refractivity contribution in [3.05, 3.63) is 12.2 Å². The fraction of sp³-hybridized carbons (Fsp3) is 0.818. The van der Waals surface area contributed by atoms with Crippen LogP contribution in [0.3, 0.4) is 0 Å². The second-order valence-electron chi connectivity index (χ2n) is 3.35. The van der Waals surface area contributed by atoms with Crippen LogP contribution in [0, 0.1) is 0 Å². The third-order valence-electron chi connectivity index (χ3n) is 2.69. The predicted octanol–water partition coefficient (Wildman–Crippen LogP) is 3.29. The molecule has 84 valence electrons. The summed E-state index contributed by atoms with van der Waals surface area (Å²) < 4.78 is 0.412. The Morgan fingerprint density at radius 3 is 2.36 bits per heavy atom. The predicted molar refractivity (Wildman–Crippen MR) is 69.6 cm³/mol. The second-order valence-corrected chi connectivity index (χ2v) is 4.93. The Labute approximate surface area is 97.7 Å². The Morgan fingerprint density at radius 1 is 1.29 bits per heavy atom. The fourth-order valence-electron chi connectivity index (χ4n) is 1.39. The zero-order chi connectivity index (χ0) is 10.9. The Kier molecular flexibility index (Phi) is 8.84. The molecule has 0 amide bonds. The first-order chi connectivity index (χ1) is 6.74. The summed E-state index contributed by atoms with van der Waals surface area (Å²) in [6.45, 7) is 6.52. The molecule has 14 heavy (non-hydrogen) atoms. The molecule has 1 nitrogen and oxygen atoms in total. The van der Waals surface area contributed by atoms with E-state index in [9.17, 15) is 0 Å². The molecule has 0 aliphatic heterocycles. The van der Waals surface area contributed by atoms with Gasteiger partial charge in [-0.15, -0.1) is 11.6 Å². The van der Waals surface area contributed by atoms with E-state index in [4.69, 9.17) is 11.6 Å². The van der Waals surface area contributed by atoms with Crippen LogP contribution in [0.1, 0.15) is 26.7 Å². The van der Waals surface area contributed by atoms with Gasteiger partial charge in [0.1, 0.15) is 0 Å². The number of hydrogen-bond donors (Lipinski definition) is 1. The van der Waals surface area contributed by atoms with E-state index in [1.54, 1.807) is 0 Å². The average Bonchev–Trinajstić information content (AvgIpc) is 2.24. The topological polar surface area (TPSA) is 12.0 Å². The lowest BCUT2D eigenvalue weighted by atomic mass is 10.0. The van der Waals surface area contributed by atoms with Crippen LogP contribution in [0.4, 0.5) is 0 Å². The molecule has 0 spiro atoms. The molecule has 0 saturated heterocycles. The van der Waals surface area contributed by atoms with Gasteiger partial charge in [0.25, 0.3) is 0 Å². The number of halogens is 1. The number of thioether (sulfide) groups is 1. The van der Waals surface area contributed by atoms with Gasteiger partial charge >= 0.3 is 0 Å². The number of hydrogen-bond acceptors (Lipinski definition) is 2. The maximum Gasteiger partial charge on any atom is 0.0404 e. The normalized spacial score (nSPS) is 12.6. The molecule has 0 aliphatic carbocycles. The molecule has 3 heteroatoms. The van der Waals surface area contributed by atoms with E-state index >= 15 is 0 Å². The van der Waals surface area contributed by atoms with Crippen molar-refractivity contribution in [3.63, 3.8) is 0 Å². The highest BCUT2D eigenvalue weighted by Gasteiger charge is 2.23. The van der Waals surface area contributed by atoms with Crippen molar-refractivity contribution in [1.29, 1.82) is 0 Å². The summed E-state index contributed by atoms with van der Waals surface area (Å²) in [6.07, 6.45) is 8.70. The number of alkyl halides is 1. The van der Waals surface area contributed by atoms with Crippen LogP contribution in [-0.2, 0) is 0 Å². The van der Waals surface area contributed by atoms with E-state index in [0.29, 0.717) is 10.6 Å². The number of allylic oxidation sites excluding steroid dienone is 1. The van der Waals surface area contributed by atoms with Crippen molar-refractivity contribution < 1.29 is 0 Å². The highest BCUT2D eigenvalue weighted by Crippen LogP contribution is 2.29. The lowest BCUT2D eigenvalue weighted by Gasteiger charge is -2.29. The summed E-state index contributed by atoms with van der Waals surface area (Å²) in [7, 11) is 0. The molecule has 0 unspecified atom stereocenters. The van der Waals surface area contributed by atoms with Crippen molar-refractivity contribution in [3.8, 4) is 0 Å². The maximum absolute atomic E-state index is 5.53. The zero-order valence-electron chi connectivity index (χ0n) is 9.48. The Hall–Kier alpha value is 0.340. The first-order valence-electron chi connectivity index (χ1n) is 5.21. The zero-order valence-corrected chi connectivity index (χ0v) is 11.0. The molecule has 0 aromatic carbocycles. The minimum Gasteiger partial charge on any atom is -0.312 e. The van der Waals surface area contributed by atoms with E-state index < -0.39 is 0 Å². The Morgan fingerprint density at radius 2 is 1.93 bits per heavy atom. The van der Waals surface area contributed by atoms with Gasteiger partial charge in [0.2, 0.25) is 0 Å². The summed E-state index contributed by atoms with van der Waals surface area (Å²) in [5, 5.41) is 3.45. The molecule has 0 heterocycles. The third kappa shape index (κ3) is 5.28. The van der Waals surface area contributed by atoms with Gasteiger partial charge in [-0.25, -0.2) is 0 Å². The van der Waals surface area contributed by atoms with E-state index in [2.05, 4.69) is 31.5 Å². The summed E-state index contributed by atoms with van der Waals surface area (Å²) in [5.74, 6) is 0.608. The molecule has 0 aliphatic rings. The van der Waals surface area contributed by atoms with E-state index in [1.165, 1.54) is 12.8 Å². The lowest BCUT2D eigenvalue weighted by molar-refractivity contribution is 0.509. The van der Waals surface area contributed by atoms with Gasteiger partial charge < -0.3 is 5.32 Å². The molecular weight excluding hydrogens is 214 g/mol. The van der Waals surface area contributed by atoms with Gasteiger partial charge in [0.15, 0.2) is 0 Å². The average molecular weight is 236 g/mol. The van der Waals surface area contributed by atoms with Crippen LogP contribution in [0.5, 0.6) is 0 Å². The van der Waals surface area contributed by atoms with Crippen molar-refractivity contribution in [2.24, 2.45) is 0 Å². The van der Waals surface area contributed by atoms with Crippen LogP contribution in [0.15, 0.2) is 12.2 Å². The first kappa shape index (κ1) is 14.3. The van der Waals surface area contributed by atoms with Crippen LogP contribution < -0.4 is 5.32 Å².